The van der Waals surface area contributed by atoms with Crippen molar-refractivity contribution in [1.82, 2.24) is 10.2 Å². The van der Waals surface area contributed by atoms with Crippen LogP contribution in [0.4, 0.5) is 5.69 Å². The predicted molar refractivity (Wildman–Crippen MR) is 109 cm³/mol. The molecule has 29 heavy (non-hydrogen) atoms. The van der Waals surface area contributed by atoms with Gasteiger partial charge in [0.2, 0.25) is 5.91 Å². The molecule has 0 fully saturated rings. The Balaban J connectivity index is 1.32. The van der Waals surface area contributed by atoms with E-state index in [1.54, 1.807) is 24.3 Å². The Kier molecular flexibility index (Phi) is 5.82. The smallest absolute Gasteiger partial charge is 0.277 e. The van der Waals surface area contributed by atoms with Gasteiger partial charge in [-0.3, -0.25) is 9.59 Å². The van der Waals surface area contributed by atoms with Crippen molar-refractivity contribution < 1.29 is 18.7 Å². The molecule has 0 saturated heterocycles. The molecule has 9 heteroatoms. The van der Waals surface area contributed by atoms with Crippen LogP contribution in [0.2, 0.25) is 5.02 Å². The first kappa shape index (κ1) is 19.5. The van der Waals surface area contributed by atoms with Gasteiger partial charge in [-0.1, -0.05) is 35.5 Å². The van der Waals surface area contributed by atoms with Crippen LogP contribution in [-0.2, 0) is 17.8 Å². The minimum Gasteiger partial charge on any atom is -0.482 e. The molecule has 2 heterocycles. The number of ketones is 1. The van der Waals surface area contributed by atoms with Crippen LogP contribution in [0.3, 0.4) is 0 Å². The maximum atomic E-state index is 12.5. The average molecular weight is 430 g/mol. The molecule has 7 nitrogen and oxygen atoms in total. The fourth-order valence-electron chi connectivity index (χ4n) is 2.82. The van der Waals surface area contributed by atoms with Crippen LogP contribution in [0, 0.1) is 0 Å². The van der Waals surface area contributed by atoms with E-state index in [0.29, 0.717) is 40.3 Å². The zero-order valence-electron chi connectivity index (χ0n) is 15.2. The summed E-state index contributed by atoms with van der Waals surface area (Å²) in [4.78, 5) is 23.9. The number of para-hydroxylation sites is 1. The van der Waals surface area contributed by atoms with Crippen molar-refractivity contribution in [3.63, 3.8) is 0 Å². The number of aromatic nitrogens is 2. The number of nitrogens with one attached hydrogen (secondary N) is 1. The first-order valence-corrected chi connectivity index (χ1v) is 10.2. The van der Waals surface area contributed by atoms with Gasteiger partial charge >= 0.3 is 0 Å². The Labute approximate surface area is 175 Å². The number of halogens is 1. The molecule has 0 saturated carbocycles. The highest BCUT2D eigenvalue weighted by molar-refractivity contribution is 7.99. The molecule has 0 aliphatic carbocycles. The number of rotatable bonds is 7. The van der Waals surface area contributed by atoms with Gasteiger partial charge in [0.1, 0.15) is 5.75 Å². The van der Waals surface area contributed by atoms with Crippen molar-refractivity contribution in [3.8, 4) is 5.75 Å². The number of carbonyl (C=O) groups excluding carboxylic acids is 2. The minimum atomic E-state index is -0.0539. The average Bonchev–Trinajstić information content (AvgIpc) is 3.19. The van der Waals surface area contributed by atoms with E-state index in [1.807, 2.05) is 18.2 Å². The molecule has 0 unspecified atom stereocenters. The van der Waals surface area contributed by atoms with E-state index in [-0.39, 0.29) is 24.1 Å². The molecule has 1 aliphatic rings. The number of ether oxygens (including phenoxy) is 1. The van der Waals surface area contributed by atoms with Crippen LogP contribution < -0.4 is 10.1 Å². The van der Waals surface area contributed by atoms with Gasteiger partial charge in [0.05, 0.1) is 10.8 Å². The van der Waals surface area contributed by atoms with Crippen molar-refractivity contribution in [2.75, 3.05) is 11.1 Å². The van der Waals surface area contributed by atoms with Crippen LogP contribution in [0.5, 0.6) is 5.75 Å². The number of hydrogen-bond donors (Lipinski definition) is 1. The highest BCUT2D eigenvalue weighted by Gasteiger charge is 2.17. The van der Waals surface area contributed by atoms with E-state index in [1.165, 1.54) is 11.8 Å². The van der Waals surface area contributed by atoms with E-state index in [4.69, 9.17) is 20.8 Å². The molecular weight excluding hydrogens is 414 g/mol. The van der Waals surface area contributed by atoms with Crippen LogP contribution in [-0.4, -0.2) is 27.6 Å². The molecular formula is C20H16ClN3O4S. The Morgan fingerprint density at radius 2 is 2.07 bits per heavy atom. The maximum Gasteiger partial charge on any atom is 0.277 e. The van der Waals surface area contributed by atoms with Gasteiger partial charge in [0, 0.05) is 17.7 Å². The second-order valence-electron chi connectivity index (χ2n) is 6.31. The summed E-state index contributed by atoms with van der Waals surface area (Å²) in [5.74, 6) is 0.933. The molecule has 1 aromatic heterocycles. The minimum absolute atomic E-state index is 0.00200. The van der Waals surface area contributed by atoms with E-state index in [2.05, 4.69) is 15.5 Å². The first-order valence-electron chi connectivity index (χ1n) is 8.87. The molecule has 0 atom stereocenters. The van der Waals surface area contributed by atoms with Gasteiger partial charge in [-0.05, 0) is 42.3 Å². The zero-order chi connectivity index (χ0) is 20.2. The normalized spacial score (nSPS) is 12.9. The van der Waals surface area contributed by atoms with Crippen molar-refractivity contribution in [3.05, 3.63) is 64.5 Å². The number of thioether (sulfide) groups is 1. The summed E-state index contributed by atoms with van der Waals surface area (Å²) in [6, 6.07) is 12.4. The molecule has 2 aromatic carbocycles. The Hall–Kier alpha value is -2.84. The Morgan fingerprint density at radius 3 is 2.93 bits per heavy atom. The number of benzene rings is 2. The highest BCUT2D eigenvalue weighted by atomic mass is 35.5. The predicted octanol–water partition coefficient (Wildman–Crippen LogP) is 4.16. The summed E-state index contributed by atoms with van der Waals surface area (Å²) in [7, 11) is 0. The third-order valence-corrected chi connectivity index (χ3v) is 5.42. The fraction of sp³-hybridized carbons (Fsp3) is 0.200. The molecule has 0 spiro atoms. The molecule has 4 rings (SSSR count). The number of fused-ring (bicyclic) bond motifs is 1. The maximum absolute atomic E-state index is 12.5. The number of hydrogen-bond acceptors (Lipinski definition) is 7. The standard InChI is InChI=1S/C20H16ClN3O4S/c21-14-3-1-2-4-17(14)27-10-19-23-24-20(28-19)29-11-16(25)13-5-7-15-12(9-13)6-8-18(26)22-15/h1-5,7,9H,6,8,10-11H2,(H,22,26). The van der Waals surface area contributed by atoms with Gasteiger partial charge in [-0.25, -0.2) is 0 Å². The summed E-state index contributed by atoms with van der Waals surface area (Å²) in [5.41, 5.74) is 2.33. The van der Waals surface area contributed by atoms with E-state index < -0.39 is 0 Å². The quantitative estimate of drug-likeness (QED) is 0.445. The summed E-state index contributed by atoms with van der Waals surface area (Å²) < 4.78 is 11.1. The van der Waals surface area contributed by atoms with E-state index in [9.17, 15) is 9.59 Å². The number of carbonyl (C=O) groups is 2. The lowest BCUT2D eigenvalue weighted by molar-refractivity contribution is -0.116. The van der Waals surface area contributed by atoms with Crippen LogP contribution in [0.15, 0.2) is 52.1 Å². The van der Waals surface area contributed by atoms with Gasteiger partial charge in [0.25, 0.3) is 11.1 Å². The zero-order valence-corrected chi connectivity index (χ0v) is 16.8. The van der Waals surface area contributed by atoms with Crippen molar-refractivity contribution in [1.29, 1.82) is 0 Å². The summed E-state index contributed by atoms with van der Waals surface area (Å²) in [6.45, 7) is 0.0851. The number of nitrogens with zero attached hydrogens (tertiary/aromatic N) is 2. The Bertz CT molecular complexity index is 1070. The first-order chi connectivity index (χ1) is 14.1. The van der Waals surface area contributed by atoms with E-state index >= 15 is 0 Å². The number of anilines is 1. The van der Waals surface area contributed by atoms with Gasteiger partial charge in [-0.2, -0.15) is 0 Å². The van der Waals surface area contributed by atoms with E-state index in [0.717, 1.165) is 11.3 Å². The third kappa shape index (κ3) is 4.78. The molecule has 1 aliphatic heterocycles. The van der Waals surface area contributed by atoms with Gasteiger partial charge < -0.3 is 14.5 Å². The summed E-state index contributed by atoms with van der Waals surface area (Å²) in [6.07, 6.45) is 1.06. The molecule has 3 aromatic rings. The lowest BCUT2D eigenvalue weighted by atomic mass is 9.99. The SMILES string of the molecule is O=C1CCc2cc(C(=O)CSc3nnc(COc4ccccc4Cl)o3)ccc2N1. The largest absolute Gasteiger partial charge is 0.482 e. The lowest BCUT2D eigenvalue weighted by Crippen LogP contribution is -2.19. The van der Waals surface area contributed by atoms with Crippen molar-refractivity contribution >= 4 is 40.7 Å². The number of amides is 1. The van der Waals surface area contributed by atoms with Crippen LogP contribution in [0.25, 0.3) is 0 Å². The third-order valence-electron chi connectivity index (χ3n) is 4.29. The monoisotopic (exact) mass is 429 g/mol. The summed E-state index contributed by atoms with van der Waals surface area (Å²) >= 11 is 7.20. The molecule has 1 N–H and O–H groups in total. The number of Topliss-reactive ketones (excluding diaryl/α,β-unsaturated/α-hetero) is 1. The van der Waals surface area contributed by atoms with Gasteiger partial charge in [0.15, 0.2) is 12.4 Å². The molecule has 0 bridgehead atoms. The highest BCUT2D eigenvalue weighted by Crippen LogP contribution is 2.26. The molecule has 1 amide bonds. The van der Waals surface area contributed by atoms with Gasteiger partial charge in [-0.15, -0.1) is 10.2 Å². The molecule has 0 radical (unpaired) electrons. The van der Waals surface area contributed by atoms with Crippen molar-refractivity contribution in [2.24, 2.45) is 0 Å². The second kappa shape index (κ2) is 8.67. The van der Waals surface area contributed by atoms with Crippen LogP contribution >= 0.6 is 23.4 Å². The summed E-state index contributed by atoms with van der Waals surface area (Å²) in [5, 5.41) is 11.4. The fourth-order valence-corrected chi connectivity index (χ4v) is 3.69. The lowest BCUT2D eigenvalue weighted by Gasteiger charge is -2.17. The Morgan fingerprint density at radius 1 is 1.21 bits per heavy atom. The van der Waals surface area contributed by atoms with Crippen LogP contribution in [0.1, 0.15) is 28.2 Å². The second-order valence-corrected chi connectivity index (χ2v) is 7.65. The van der Waals surface area contributed by atoms with Crippen molar-refractivity contribution in [2.45, 2.75) is 24.7 Å². The number of aryl methyl sites for hydroxylation is 1. The topological polar surface area (TPSA) is 94.3 Å². The molecule has 148 valence electrons.